The Balaban J connectivity index is 3.18. The molecule has 1 aromatic rings. The molecular weight excluding hydrogens is 262 g/mol. The predicted octanol–water partition coefficient (Wildman–Crippen LogP) is 2.68. The van der Waals surface area contributed by atoms with Crippen molar-refractivity contribution in [3.63, 3.8) is 0 Å². The molecule has 0 aliphatic heterocycles. The standard InChI is InChI=1S/C14H17NO5/c1-3-6-11(16)9-10-7-5-8-12(13(10)15(18)19)14(17)20-4-2/h5,7-8H,3-4,6,9H2,1-2H3. The maximum atomic E-state index is 11.7. The van der Waals surface area contributed by atoms with Crippen molar-refractivity contribution in [1.29, 1.82) is 0 Å². The summed E-state index contributed by atoms with van der Waals surface area (Å²) in [7, 11) is 0. The Morgan fingerprint density at radius 1 is 1.30 bits per heavy atom. The van der Waals surface area contributed by atoms with E-state index in [1.807, 2.05) is 6.92 Å². The van der Waals surface area contributed by atoms with Gasteiger partial charge in [-0.2, -0.15) is 0 Å². The Morgan fingerprint density at radius 3 is 2.55 bits per heavy atom. The number of benzene rings is 1. The van der Waals surface area contributed by atoms with Crippen molar-refractivity contribution in [1.82, 2.24) is 0 Å². The first-order valence-corrected chi connectivity index (χ1v) is 6.46. The highest BCUT2D eigenvalue weighted by Gasteiger charge is 2.26. The number of Topliss-reactive ketones (excluding diaryl/α,β-unsaturated/α-hetero) is 1. The Hall–Kier alpha value is -2.24. The van der Waals surface area contributed by atoms with Crippen LogP contribution in [0.25, 0.3) is 0 Å². The predicted molar refractivity (Wildman–Crippen MR) is 72.7 cm³/mol. The molecule has 0 atom stereocenters. The normalized spacial score (nSPS) is 10.1. The van der Waals surface area contributed by atoms with Crippen LogP contribution in [0.15, 0.2) is 18.2 Å². The number of carbonyl (C=O) groups excluding carboxylic acids is 2. The van der Waals surface area contributed by atoms with Gasteiger partial charge in [0, 0.05) is 18.4 Å². The molecule has 0 heterocycles. The number of esters is 1. The number of ether oxygens (including phenoxy) is 1. The maximum absolute atomic E-state index is 11.7. The molecule has 6 heteroatoms. The summed E-state index contributed by atoms with van der Waals surface area (Å²) in [5.41, 5.74) is -0.201. The van der Waals surface area contributed by atoms with Crippen LogP contribution >= 0.6 is 0 Å². The molecule has 0 spiro atoms. The van der Waals surface area contributed by atoms with Crippen molar-refractivity contribution < 1.29 is 19.2 Å². The van der Waals surface area contributed by atoms with E-state index in [2.05, 4.69) is 0 Å². The molecule has 0 aromatic heterocycles. The molecule has 0 aliphatic carbocycles. The molecule has 6 nitrogen and oxygen atoms in total. The number of nitro benzene ring substituents is 1. The van der Waals surface area contributed by atoms with E-state index >= 15 is 0 Å². The molecule has 0 N–H and O–H groups in total. The molecule has 108 valence electrons. The SMILES string of the molecule is CCCC(=O)Cc1cccc(C(=O)OCC)c1[N+](=O)[O-]. The number of ketones is 1. The highest BCUT2D eigenvalue weighted by molar-refractivity contribution is 5.95. The highest BCUT2D eigenvalue weighted by Crippen LogP contribution is 2.25. The van der Waals surface area contributed by atoms with Crippen molar-refractivity contribution in [2.24, 2.45) is 0 Å². The van der Waals surface area contributed by atoms with E-state index in [1.165, 1.54) is 18.2 Å². The molecule has 0 amide bonds. The van der Waals surface area contributed by atoms with Crippen LogP contribution in [0.1, 0.15) is 42.6 Å². The summed E-state index contributed by atoms with van der Waals surface area (Å²) in [6.45, 7) is 3.62. The smallest absolute Gasteiger partial charge is 0.345 e. The van der Waals surface area contributed by atoms with Gasteiger partial charge in [0.1, 0.15) is 11.3 Å². The van der Waals surface area contributed by atoms with Gasteiger partial charge in [0.05, 0.1) is 11.5 Å². The Kier molecular flexibility index (Phi) is 5.83. The lowest BCUT2D eigenvalue weighted by Gasteiger charge is -2.07. The molecule has 0 bridgehead atoms. The van der Waals surface area contributed by atoms with Gasteiger partial charge in [0.2, 0.25) is 0 Å². The van der Waals surface area contributed by atoms with E-state index in [1.54, 1.807) is 6.92 Å². The number of nitrogens with zero attached hydrogens (tertiary/aromatic N) is 1. The van der Waals surface area contributed by atoms with Crippen LogP contribution in [0.5, 0.6) is 0 Å². The van der Waals surface area contributed by atoms with Crippen LogP contribution in [0, 0.1) is 10.1 Å². The van der Waals surface area contributed by atoms with Crippen LogP contribution in [-0.4, -0.2) is 23.3 Å². The van der Waals surface area contributed by atoms with E-state index in [0.717, 1.165) is 0 Å². The minimum Gasteiger partial charge on any atom is -0.462 e. The number of hydrogen-bond acceptors (Lipinski definition) is 5. The van der Waals surface area contributed by atoms with Gasteiger partial charge in [-0.3, -0.25) is 14.9 Å². The van der Waals surface area contributed by atoms with Crippen molar-refractivity contribution in [2.45, 2.75) is 33.1 Å². The molecule has 0 fully saturated rings. The Bertz CT molecular complexity index is 524. The summed E-state index contributed by atoms with van der Waals surface area (Å²) >= 11 is 0. The number of para-hydroxylation sites is 1. The topological polar surface area (TPSA) is 86.5 Å². The number of nitro groups is 1. The van der Waals surface area contributed by atoms with E-state index in [9.17, 15) is 19.7 Å². The largest absolute Gasteiger partial charge is 0.462 e. The maximum Gasteiger partial charge on any atom is 0.345 e. The first-order valence-electron chi connectivity index (χ1n) is 6.46. The summed E-state index contributed by atoms with van der Waals surface area (Å²) in [6.07, 6.45) is 1.00. The third kappa shape index (κ3) is 3.88. The van der Waals surface area contributed by atoms with Gasteiger partial charge in [-0.25, -0.2) is 4.79 Å². The molecule has 0 aliphatic rings. The number of carbonyl (C=O) groups is 2. The number of hydrogen-bond donors (Lipinski definition) is 0. The van der Waals surface area contributed by atoms with Crippen LogP contribution in [-0.2, 0) is 16.0 Å². The van der Waals surface area contributed by atoms with Crippen LogP contribution in [0.2, 0.25) is 0 Å². The first kappa shape index (κ1) is 15.8. The van der Waals surface area contributed by atoms with E-state index in [4.69, 9.17) is 4.74 Å². The summed E-state index contributed by atoms with van der Waals surface area (Å²) in [4.78, 5) is 33.9. The van der Waals surface area contributed by atoms with Gasteiger partial charge in [0.25, 0.3) is 5.69 Å². The second-order valence-corrected chi connectivity index (χ2v) is 4.26. The van der Waals surface area contributed by atoms with E-state index in [-0.39, 0.29) is 35.6 Å². The van der Waals surface area contributed by atoms with Crippen molar-refractivity contribution >= 4 is 17.4 Å². The van der Waals surface area contributed by atoms with Gasteiger partial charge >= 0.3 is 5.97 Å². The molecular formula is C14H17NO5. The molecule has 0 radical (unpaired) electrons. The summed E-state index contributed by atoms with van der Waals surface area (Å²) in [5, 5.41) is 11.2. The van der Waals surface area contributed by atoms with Crippen molar-refractivity contribution in [3.05, 3.63) is 39.4 Å². The lowest BCUT2D eigenvalue weighted by Crippen LogP contribution is -2.11. The molecule has 20 heavy (non-hydrogen) atoms. The third-order valence-corrected chi connectivity index (χ3v) is 2.71. The molecule has 0 saturated carbocycles. The average Bonchev–Trinajstić information content (AvgIpc) is 2.38. The Morgan fingerprint density at radius 2 is 2.00 bits per heavy atom. The summed E-state index contributed by atoms with van der Waals surface area (Å²) in [6, 6.07) is 4.35. The zero-order chi connectivity index (χ0) is 15.1. The second kappa shape index (κ2) is 7.37. The van der Waals surface area contributed by atoms with Crippen molar-refractivity contribution in [2.75, 3.05) is 6.61 Å². The average molecular weight is 279 g/mol. The van der Waals surface area contributed by atoms with Crippen LogP contribution < -0.4 is 0 Å². The summed E-state index contributed by atoms with van der Waals surface area (Å²) in [5.74, 6) is -0.833. The number of rotatable bonds is 7. The van der Waals surface area contributed by atoms with Gasteiger partial charge in [-0.1, -0.05) is 19.1 Å². The zero-order valence-electron chi connectivity index (χ0n) is 11.5. The van der Waals surface area contributed by atoms with Gasteiger partial charge in [-0.15, -0.1) is 0 Å². The van der Waals surface area contributed by atoms with E-state index in [0.29, 0.717) is 12.8 Å². The monoisotopic (exact) mass is 279 g/mol. The minimum atomic E-state index is -0.746. The molecule has 0 saturated heterocycles. The van der Waals surface area contributed by atoms with Crippen LogP contribution in [0.4, 0.5) is 5.69 Å². The second-order valence-electron chi connectivity index (χ2n) is 4.26. The molecule has 0 unspecified atom stereocenters. The lowest BCUT2D eigenvalue weighted by atomic mass is 10.0. The fourth-order valence-corrected chi connectivity index (χ4v) is 1.90. The molecule has 1 aromatic carbocycles. The van der Waals surface area contributed by atoms with E-state index < -0.39 is 10.9 Å². The minimum absolute atomic E-state index is 0.0442. The first-order chi connectivity index (χ1) is 9.51. The fourth-order valence-electron chi connectivity index (χ4n) is 1.90. The van der Waals surface area contributed by atoms with Crippen LogP contribution in [0.3, 0.4) is 0 Å². The van der Waals surface area contributed by atoms with Crippen molar-refractivity contribution in [3.8, 4) is 0 Å². The van der Waals surface area contributed by atoms with Gasteiger partial charge < -0.3 is 4.74 Å². The third-order valence-electron chi connectivity index (χ3n) is 2.71. The molecule has 1 rings (SSSR count). The highest BCUT2D eigenvalue weighted by atomic mass is 16.6. The summed E-state index contributed by atoms with van der Waals surface area (Å²) < 4.78 is 4.80. The fraction of sp³-hybridized carbons (Fsp3) is 0.429. The lowest BCUT2D eigenvalue weighted by molar-refractivity contribution is -0.385. The quantitative estimate of drug-likeness (QED) is 0.435. The van der Waals surface area contributed by atoms with Gasteiger partial charge in [-0.05, 0) is 19.4 Å². The Labute approximate surface area is 116 Å². The van der Waals surface area contributed by atoms with Gasteiger partial charge in [0.15, 0.2) is 0 Å². The zero-order valence-corrected chi connectivity index (χ0v) is 11.5.